The second-order valence-electron chi connectivity index (χ2n) is 7.41. The molecule has 7 nitrogen and oxygen atoms in total. The summed E-state index contributed by atoms with van der Waals surface area (Å²) in [6, 6.07) is 8.10. The van der Waals surface area contributed by atoms with Gasteiger partial charge in [-0.3, -0.25) is 4.98 Å². The minimum atomic E-state index is -0.128. The molecule has 1 N–H and O–H groups in total. The third-order valence-electron chi connectivity index (χ3n) is 4.71. The van der Waals surface area contributed by atoms with E-state index in [2.05, 4.69) is 40.3 Å². The zero-order chi connectivity index (χ0) is 19.0. The van der Waals surface area contributed by atoms with Gasteiger partial charge in [0.25, 0.3) is 0 Å². The second kappa shape index (κ2) is 6.57. The Balaban J connectivity index is 1.51. The van der Waals surface area contributed by atoms with E-state index < -0.39 is 0 Å². The number of nitrogens with one attached hydrogen (secondary N) is 1. The molecule has 1 aromatic carbocycles. The molecule has 1 aliphatic rings. The van der Waals surface area contributed by atoms with Crippen molar-refractivity contribution < 1.29 is 9.47 Å². The van der Waals surface area contributed by atoms with Gasteiger partial charge in [0.1, 0.15) is 5.82 Å². The third-order valence-corrected chi connectivity index (χ3v) is 4.71. The molecule has 4 rings (SSSR count). The van der Waals surface area contributed by atoms with E-state index in [1.807, 2.05) is 32.0 Å². The van der Waals surface area contributed by atoms with Crippen LogP contribution in [0.5, 0.6) is 11.5 Å². The van der Waals surface area contributed by atoms with Crippen molar-refractivity contribution in [3.63, 3.8) is 0 Å². The maximum Gasteiger partial charge on any atom is 0.231 e. The second-order valence-corrected chi connectivity index (χ2v) is 7.41. The molecule has 27 heavy (non-hydrogen) atoms. The largest absolute Gasteiger partial charge is 0.454 e. The molecule has 140 valence electrons. The highest BCUT2D eigenvalue weighted by molar-refractivity contribution is 5.47. The molecule has 0 radical (unpaired) electrons. The third kappa shape index (κ3) is 3.45. The number of ether oxygens (including phenoxy) is 2. The number of anilines is 1. The van der Waals surface area contributed by atoms with Gasteiger partial charge in [-0.2, -0.15) is 5.10 Å². The van der Waals surface area contributed by atoms with Crippen LogP contribution in [0.25, 0.3) is 5.82 Å². The van der Waals surface area contributed by atoms with E-state index in [0.29, 0.717) is 18.2 Å². The van der Waals surface area contributed by atoms with Crippen molar-refractivity contribution in [2.45, 2.75) is 33.1 Å². The molecule has 0 saturated heterocycles. The van der Waals surface area contributed by atoms with Crippen LogP contribution < -0.4 is 14.8 Å². The lowest BCUT2D eigenvalue weighted by atomic mass is 9.84. The van der Waals surface area contributed by atoms with Crippen molar-refractivity contribution >= 4 is 5.82 Å². The fraction of sp³-hybridized carbons (Fsp3) is 0.350. The average molecular weight is 365 g/mol. The summed E-state index contributed by atoms with van der Waals surface area (Å²) >= 11 is 0. The van der Waals surface area contributed by atoms with Crippen LogP contribution in [0.2, 0.25) is 0 Å². The van der Waals surface area contributed by atoms with Gasteiger partial charge in [0, 0.05) is 17.7 Å². The Bertz CT molecular complexity index is 980. The monoisotopic (exact) mass is 365 g/mol. The van der Waals surface area contributed by atoms with Crippen LogP contribution in [0.1, 0.15) is 30.8 Å². The van der Waals surface area contributed by atoms with Crippen molar-refractivity contribution in [2.75, 3.05) is 18.7 Å². The number of aryl methyl sites for hydroxylation is 2. The summed E-state index contributed by atoms with van der Waals surface area (Å²) in [4.78, 5) is 8.96. The van der Waals surface area contributed by atoms with Gasteiger partial charge in [-0.1, -0.05) is 19.9 Å². The molecule has 3 heterocycles. The molecule has 0 aliphatic carbocycles. The number of benzene rings is 1. The topological polar surface area (TPSA) is 74.1 Å². The van der Waals surface area contributed by atoms with Gasteiger partial charge >= 0.3 is 0 Å². The minimum absolute atomic E-state index is 0.128. The first-order valence-electron chi connectivity index (χ1n) is 8.92. The molecular weight excluding hydrogens is 342 g/mol. The van der Waals surface area contributed by atoms with Gasteiger partial charge in [-0.15, -0.1) is 0 Å². The Hall–Kier alpha value is -3.09. The fourth-order valence-electron chi connectivity index (χ4n) is 3.13. The van der Waals surface area contributed by atoms with E-state index in [0.717, 1.165) is 22.9 Å². The SMILES string of the molecule is Cc1cc(C)n(-c2cncc(NCC(C)(C)c3ccc4c(c3)OCO4)n2)n1. The Labute approximate surface area is 158 Å². The standard InChI is InChI=1S/C20H23N5O2/c1-13-7-14(2)25(24-13)19-10-21-9-18(23-19)22-11-20(3,4)15-5-6-16-17(8-15)27-12-26-16/h5-10H,11-12H2,1-4H3,(H,22,23). The first kappa shape index (κ1) is 17.3. The molecule has 0 amide bonds. The molecule has 0 bridgehead atoms. The lowest BCUT2D eigenvalue weighted by Crippen LogP contribution is -2.28. The maximum absolute atomic E-state index is 5.50. The van der Waals surface area contributed by atoms with E-state index in [9.17, 15) is 0 Å². The van der Waals surface area contributed by atoms with Crippen LogP contribution in [0.15, 0.2) is 36.7 Å². The van der Waals surface area contributed by atoms with Crippen molar-refractivity contribution in [3.05, 3.63) is 53.6 Å². The fourth-order valence-corrected chi connectivity index (χ4v) is 3.13. The van der Waals surface area contributed by atoms with Gasteiger partial charge in [0.15, 0.2) is 17.3 Å². The van der Waals surface area contributed by atoms with E-state index in [1.165, 1.54) is 5.56 Å². The first-order chi connectivity index (χ1) is 12.9. The number of hydrogen-bond donors (Lipinski definition) is 1. The predicted octanol–water partition coefficient (Wildman–Crippen LogP) is 3.40. The Morgan fingerprint density at radius 3 is 2.70 bits per heavy atom. The normalized spacial score (nSPS) is 13.0. The Kier molecular flexibility index (Phi) is 4.22. The molecule has 7 heteroatoms. The zero-order valence-electron chi connectivity index (χ0n) is 16.0. The summed E-state index contributed by atoms with van der Waals surface area (Å²) in [6.45, 7) is 9.30. The summed E-state index contributed by atoms with van der Waals surface area (Å²) in [5.41, 5.74) is 3.02. The van der Waals surface area contributed by atoms with E-state index in [1.54, 1.807) is 17.1 Å². The van der Waals surface area contributed by atoms with Crippen LogP contribution in [0, 0.1) is 13.8 Å². The van der Waals surface area contributed by atoms with Crippen molar-refractivity contribution in [1.82, 2.24) is 19.7 Å². The molecule has 0 spiro atoms. The Morgan fingerprint density at radius 1 is 1.11 bits per heavy atom. The number of aromatic nitrogens is 4. The van der Waals surface area contributed by atoms with Crippen molar-refractivity contribution in [2.24, 2.45) is 0 Å². The highest BCUT2D eigenvalue weighted by Gasteiger charge is 2.24. The highest BCUT2D eigenvalue weighted by atomic mass is 16.7. The van der Waals surface area contributed by atoms with Gasteiger partial charge in [0.2, 0.25) is 6.79 Å². The zero-order valence-corrected chi connectivity index (χ0v) is 16.0. The average Bonchev–Trinajstić information content (AvgIpc) is 3.25. The lowest BCUT2D eigenvalue weighted by Gasteiger charge is -2.26. The van der Waals surface area contributed by atoms with E-state index >= 15 is 0 Å². The van der Waals surface area contributed by atoms with Crippen LogP contribution in [0.3, 0.4) is 0 Å². The summed E-state index contributed by atoms with van der Waals surface area (Å²) in [5, 5.41) is 7.87. The number of fused-ring (bicyclic) bond motifs is 1. The molecule has 0 atom stereocenters. The molecule has 0 unspecified atom stereocenters. The van der Waals surface area contributed by atoms with Crippen molar-refractivity contribution in [1.29, 1.82) is 0 Å². The number of nitrogens with zero attached hydrogens (tertiary/aromatic N) is 4. The summed E-state index contributed by atoms with van der Waals surface area (Å²) in [5.74, 6) is 3.01. The van der Waals surface area contributed by atoms with Crippen LogP contribution in [-0.2, 0) is 5.41 Å². The van der Waals surface area contributed by atoms with Gasteiger partial charge in [-0.05, 0) is 37.6 Å². The number of hydrogen-bond acceptors (Lipinski definition) is 6. The molecular formula is C20H23N5O2. The Morgan fingerprint density at radius 2 is 1.93 bits per heavy atom. The quantitative estimate of drug-likeness (QED) is 0.747. The molecule has 3 aromatic rings. The smallest absolute Gasteiger partial charge is 0.231 e. The molecule has 1 aliphatic heterocycles. The van der Waals surface area contributed by atoms with Gasteiger partial charge in [0.05, 0.1) is 18.1 Å². The highest BCUT2D eigenvalue weighted by Crippen LogP contribution is 2.36. The van der Waals surface area contributed by atoms with Crippen LogP contribution in [0.4, 0.5) is 5.82 Å². The van der Waals surface area contributed by atoms with Crippen LogP contribution >= 0.6 is 0 Å². The maximum atomic E-state index is 5.50. The van der Waals surface area contributed by atoms with Gasteiger partial charge < -0.3 is 14.8 Å². The molecule has 0 fully saturated rings. The number of rotatable bonds is 5. The minimum Gasteiger partial charge on any atom is -0.454 e. The van der Waals surface area contributed by atoms with Crippen LogP contribution in [-0.4, -0.2) is 33.1 Å². The molecule has 0 saturated carbocycles. The lowest BCUT2D eigenvalue weighted by molar-refractivity contribution is 0.174. The van der Waals surface area contributed by atoms with Gasteiger partial charge in [-0.25, -0.2) is 9.67 Å². The van der Waals surface area contributed by atoms with E-state index in [-0.39, 0.29) is 12.2 Å². The summed E-state index contributed by atoms with van der Waals surface area (Å²) in [7, 11) is 0. The summed E-state index contributed by atoms with van der Waals surface area (Å²) < 4.78 is 12.7. The molecule has 2 aromatic heterocycles. The van der Waals surface area contributed by atoms with E-state index in [4.69, 9.17) is 9.47 Å². The summed E-state index contributed by atoms with van der Waals surface area (Å²) in [6.07, 6.45) is 3.44. The first-order valence-corrected chi connectivity index (χ1v) is 8.92. The van der Waals surface area contributed by atoms with Crippen molar-refractivity contribution in [3.8, 4) is 17.3 Å². The predicted molar refractivity (Wildman–Crippen MR) is 103 cm³/mol.